The number of hydrogen-bond donors (Lipinski definition) is 4. The Labute approximate surface area is 210 Å². The minimum atomic E-state index is -4.81. The Hall–Kier alpha value is -3.26. The van der Waals surface area contributed by atoms with E-state index in [1.165, 1.54) is 6.20 Å². The SMILES string of the molecule is COC(=O)NC(C(=O)NC[C@@H](O)CNCc1ccc(-c2ccn(CC(F)F)n2)cc1)C(C)(C)C(F)(F)F. The molecule has 0 saturated heterocycles. The van der Waals surface area contributed by atoms with Crippen LogP contribution in [-0.4, -0.2) is 71.8 Å². The van der Waals surface area contributed by atoms with Crippen molar-refractivity contribution in [1.82, 2.24) is 25.7 Å². The first kappa shape index (κ1) is 30.0. The van der Waals surface area contributed by atoms with E-state index in [4.69, 9.17) is 0 Å². The highest BCUT2D eigenvalue weighted by Crippen LogP contribution is 2.40. The summed E-state index contributed by atoms with van der Waals surface area (Å²) in [6.45, 7) is 1.03. The largest absolute Gasteiger partial charge is 0.453 e. The molecule has 4 N–H and O–H groups in total. The second kappa shape index (κ2) is 12.8. The van der Waals surface area contributed by atoms with E-state index >= 15 is 0 Å². The molecule has 0 radical (unpaired) electrons. The summed E-state index contributed by atoms with van der Waals surface area (Å²) in [5.74, 6) is -1.13. The van der Waals surface area contributed by atoms with Gasteiger partial charge in [0.1, 0.15) is 12.6 Å². The molecule has 0 fully saturated rings. The molecule has 0 bridgehead atoms. The third-order valence-electron chi connectivity index (χ3n) is 5.60. The van der Waals surface area contributed by atoms with E-state index in [1.807, 2.05) is 5.32 Å². The first-order valence-electron chi connectivity index (χ1n) is 11.2. The van der Waals surface area contributed by atoms with Crippen LogP contribution in [0.1, 0.15) is 19.4 Å². The van der Waals surface area contributed by atoms with E-state index in [0.29, 0.717) is 12.2 Å². The van der Waals surface area contributed by atoms with Crippen molar-refractivity contribution in [3.8, 4) is 11.3 Å². The molecular formula is C23H30F5N5O4. The first-order valence-corrected chi connectivity index (χ1v) is 11.2. The monoisotopic (exact) mass is 535 g/mol. The van der Waals surface area contributed by atoms with E-state index in [0.717, 1.165) is 36.8 Å². The summed E-state index contributed by atoms with van der Waals surface area (Å²) in [6.07, 6.45) is -8.18. The minimum absolute atomic E-state index is 0.0117. The highest BCUT2D eigenvalue weighted by molar-refractivity contribution is 5.86. The average Bonchev–Trinajstić information content (AvgIpc) is 3.28. The van der Waals surface area contributed by atoms with Crippen molar-refractivity contribution in [2.24, 2.45) is 5.41 Å². The maximum atomic E-state index is 13.4. The number of carbonyl (C=O) groups excluding carboxylic acids is 2. The van der Waals surface area contributed by atoms with Crippen LogP contribution in [0.3, 0.4) is 0 Å². The molecule has 1 aromatic carbocycles. The molecule has 0 aliphatic carbocycles. The van der Waals surface area contributed by atoms with Gasteiger partial charge in [0.15, 0.2) is 0 Å². The molecule has 2 amide bonds. The van der Waals surface area contributed by atoms with Gasteiger partial charge in [-0.25, -0.2) is 13.6 Å². The summed E-state index contributed by atoms with van der Waals surface area (Å²) in [4.78, 5) is 23.9. The zero-order valence-electron chi connectivity index (χ0n) is 20.5. The maximum absolute atomic E-state index is 13.4. The fourth-order valence-corrected chi connectivity index (χ4v) is 3.24. The van der Waals surface area contributed by atoms with Crippen LogP contribution in [0.25, 0.3) is 11.3 Å². The van der Waals surface area contributed by atoms with Gasteiger partial charge in [-0.05, 0) is 25.5 Å². The lowest BCUT2D eigenvalue weighted by Crippen LogP contribution is -2.60. The number of aromatic nitrogens is 2. The van der Waals surface area contributed by atoms with Crippen molar-refractivity contribution in [2.45, 2.75) is 51.7 Å². The molecule has 0 aliphatic rings. The first-order chi connectivity index (χ1) is 17.2. The molecule has 1 aromatic heterocycles. The molecule has 2 atom stereocenters. The number of halogens is 5. The van der Waals surface area contributed by atoms with Gasteiger partial charge in [0.2, 0.25) is 5.91 Å². The van der Waals surface area contributed by atoms with Crippen molar-refractivity contribution in [3.63, 3.8) is 0 Å². The number of hydrogen-bond acceptors (Lipinski definition) is 6. The van der Waals surface area contributed by atoms with Crippen molar-refractivity contribution in [3.05, 3.63) is 42.1 Å². The molecule has 2 aromatic rings. The van der Waals surface area contributed by atoms with Crippen LogP contribution >= 0.6 is 0 Å². The molecule has 0 spiro atoms. The molecule has 206 valence electrons. The molecular weight excluding hydrogens is 505 g/mol. The van der Waals surface area contributed by atoms with Gasteiger partial charge in [0, 0.05) is 31.4 Å². The van der Waals surface area contributed by atoms with Crippen molar-refractivity contribution >= 4 is 12.0 Å². The molecule has 37 heavy (non-hydrogen) atoms. The number of aliphatic hydroxyl groups is 1. The van der Waals surface area contributed by atoms with Crippen LogP contribution in [0, 0.1) is 5.41 Å². The van der Waals surface area contributed by atoms with Gasteiger partial charge in [-0.15, -0.1) is 0 Å². The van der Waals surface area contributed by atoms with Gasteiger partial charge in [-0.1, -0.05) is 24.3 Å². The normalized spacial score (nSPS) is 13.8. The molecule has 14 heteroatoms. The van der Waals surface area contributed by atoms with Crippen LogP contribution in [0.4, 0.5) is 26.7 Å². The maximum Gasteiger partial charge on any atom is 0.407 e. The Morgan fingerprint density at radius 1 is 1.11 bits per heavy atom. The number of ether oxygens (including phenoxy) is 1. The van der Waals surface area contributed by atoms with Crippen LogP contribution in [0.15, 0.2) is 36.5 Å². The van der Waals surface area contributed by atoms with Gasteiger partial charge in [0.05, 0.1) is 24.3 Å². The second-order valence-electron chi connectivity index (χ2n) is 8.83. The Morgan fingerprint density at radius 2 is 1.76 bits per heavy atom. The number of nitrogens with one attached hydrogen (secondary N) is 3. The topological polar surface area (TPSA) is 118 Å². The zero-order valence-corrected chi connectivity index (χ0v) is 20.5. The molecule has 1 heterocycles. The van der Waals surface area contributed by atoms with E-state index in [-0.39, 0.29) is 13.1 Å². The van der Waals surface area contributed by atoms with Crippen LogP contribution in [-0.2, 0) is 22.6 Å². The fourth-order valence-electron chi connectivity index (χ4n) is 3.24. The summed E-state index contributed by atoms with van der Waals surface area (Å²) in [5.41, 5.74) is -0.500. The molecule has 9 nitrogen and oxygen atoms in total. The van der Waals surface area contributed by atoms with E-state index in [2.05, 4.69) is 20.5 Å². The lowest BCUT2D eigenvalue weighted by atomic mass is 9.83. The molecule has 1 unspecified atom stereocenters. The number of nitrogens with zero attached hydrogens (tertiary/aromatic N) is 2. The third kappa shape index (κ3) is 8.67. The Balaban J connectivity index is 1.85. The summed E-state index contributed by atoms with van der Waals surface area (Å²) in [6, 6.07) is 6.73. The van der Waals surface area contributed by atoms with Crippen molar-refractivity contribution < 1.29 is 41.4 Å². The molecule has 0 saturated carbocycles. The van der Waals surface area contributed by atoms with E-state index in [1.54, 1.807) is 30.3 Å². The molecule has 0 aliphatic heterocycles. The van der Waals surface area contributed by atoms with E-state index < -0.39 is 48.7 Å². The number of rotatable bonds is 12. The number of alkyl halides is 5. The smallest absolute Gasteiger partial charge is 0.407 e. The lowest BCUT2D eigenvalue weighted by molar-refractivity contribution is -0.220. The summed E-state index contributed by atoms with van der Waals surface area (Å²) < 4.78 is 70.7. The van der Waals surface area contributed by atoms with Gasteiger partial charge >= 0.3 is 12.3 Å². The second-order valence-corrected chi connectivity index (χ2v) is 8.83. The summed E-state index contributed by atoms with van der Waals surface area (Å²) in [7, 11) is 0.957. The number of alkyl carbamates (subject to hydrolysis) is 1. The number of amides is 2. The standard InChI is InChI=1S/C23H30F5N5O4/c1-22(2,23(26,27)28)19(31-21(36)37-3)20(35)30-12-16(34)11-29-10-14-4-6-15(7-5-14)17-8-9-33(32-17)13-18(24)25/h4-9,16,18-19,29,34H,10-13H2,1-3H3,(H,30,35)(H,31,36)/t16-,19?/m0/s1. The highest BCUT2D eigenvalue weighted by Gasteiger charge is 2.55. The van der Waals surface area contributed by atoms with Crippen LogP contribution < -0.4 is 16.0 Å². The Bertz CT molecular complexity index is 1030. The highest BCUT2D eigenvalue weighted by atomic mass is 19.4. The lowest BCUT2D eigenvalue weighted by Gasteiger charge is -2.35. The predicted molar refractivity (Wildman–Crippen MR) is 124 cm³/mol. The quantitative estimate of drug-likeness (QED) is 0.311. The Kier molecular flexibility index (Phi) is 10.4. The van der Waals surface area contributed by atoms with Crippen molar-refractivity contribution in [2.75, 3.05) is 20.2 Å². The van der Waals surface area contributed by atoms with Gasteiger partial charge in [-0.3, -0.25) is 9.48 Å². The molecule has 2 rings (SSSR count). The van der Waals surface area contributed by atoms with Crippen LogP contribution in [0.5, 0.6) is 0 Å². The number of aliphatic hydroxyl groups excluding tert-OH is 1. The third-order valence-corrected chi connectivity index (χ3v) is 5.60. The summed E-state index contributed by atoms with van der Waals surface area (Å²) in [5, 5.41) is 21.3. The number of carbonyl (C=O) groups is 2. The van der Waals surface area contributed by atoms with Crippen molar-refractivity contribution in [1.29, 1.82) is 0 Å². The van der Waals surface area contributed by atoms with Gasteiger partial charge in [-0.2, -0.15) is 18.3 Å². The number of methoxy groups -OCH3 is 1. The Morgan fingerprint density at radius 3 is 2.32 bits per heavy atom. The van der Waals surface area contributed by atoms with E-state index in [9.17, 15) is 36.6 Å². The van der Waals surface area contributed by atoms with Gasteiger partial charge < -0.3 is 25.8 Å². The average molecular weight is 536 g/mol. The fraction of sp³-hybridized carbons (Fsp3) is 0.522. The minimum Gasteiger partial charge on any atom is -0.453 e. The van der Waals surface area contributed by atoms with Crippen LogP contribution in [0.2, 0.25) is 0 Å². The predicted octanol–water partition coefficient (Wildman–Crippen LogP) is 2.70. The number of benzene rings is 1. The zero-order chi connectivity index (χ0) is 27.8. The summed E-state index contributed by atoms with van der Waals surface area (Å²) >= 11 is 0. The van der Waals surface area contributed by atoms with Gasteiger partial charge in [0.25, 0.3) is 6.43 Å².